The molecule has 1 heterocycles. The summed E-state index contributed by atoms with van der Waals surface area (Å²) in [5.41, 5.74) is 7.37. The number of hydrogen-bond donors (Lipinski definition) is 2. The fourth-order valence-corrected chi connectivity index (χ4v) is 2.61. The Morgan fingerprint density at radius 3 is 2.94 bits per heavy atom. The van der Waals surface area contributed by atoms with Crippen molar-refractivity contribution in [3.8, 4) is 5.75 Å². The minimum atomic E-state index is -0.572. The molecule has 1 aliphatic carbocycles. The molecule has 1 aliphatic heterocycles. The van der Waals surface area contributed by atoms with Crippen LogP contribution in [-0.4, -0.2) is 12.5 Å². The van der Waals surface area contributed by atoms with Gasteiger partial charge in [0, 0.05) is 17.3 Å². The first-order valence-electron chi connectivity index (χ1n) is 6.18. The summed E-state index contributed by atoms with van der Waals surface area (Å²) in [5.74, 6) is 1.46. The van der Waals surface area contributed by atoms with E-state index in [-0.39, 0.29) is 5.91 Å². The number of hydrogen-bond acceptors (Lipinski definition) is 3. The van der Waals surface area contributed by atoms with Crippen molar-refractivity contribution < 1.29 is 9.53 Å². The summed E-state index contributed by atoms with van der Waals surface area (Å²) in [5, 5.41) is 2.76. The van der Waals surface area contributed by atoms with Gasteiger partial charge in [-0.05, 0) is 34.3 Å². The summed E-state index contributed by atoms with van der Waals surface area (Å²) in [6.07, 6.45) is 3.77. The first-order valence-corrected chi connectivity index (χ1v) is 6.97. The quantitative estimate of drug-likeness (QED) is 0.898. The molecule has 0 bridgehead atoms. The van der Waals surface area contributed by atoms with Gasteiger partial charge in [-0.1, -0.05) is 12.8 Å². The zero-order valence-electron chi connectivity index (χ0n) is 9.91. The third-order valence-electron chi connectivity index (χ3n) is 3.46. The second-order valence-corrected chi connectivity index (χ2v) is 5.77. The predicted molar refractivity (Wildman–Crippen MR) is 72.5 cm³/mol. The zero-order valence-corrected chi connectivity index (χ0v) is 11.5. The molecule has 3 rings (SSSR count). The van der Waals surface area contributed by atoms with Gasteiger partial charge in [0.05, 0.1) is 11.1 Å². The van der Waals surface area contributed by atoms with Crippen molar-refractivity contribution in [2.45, 2.75) is 25.3 Å². The van der Waals surface area contributed by atoms with Crippen LogP contribution in [0.5, 0.6) is 5.75 Å². The lowest BCUT2D eigenvalue weighted by Crippen LogP contribution is -2.19. The third-order valence-corrected chi connectivity index (χ3v) is 4.08. The first-order chi connectivity index (χ1) is 8.65. The number of benzene rings is 1. The Morgan fingerprint density at radius 1 is 1.44 bits per heavy atom. The van der Waals surface area contributed by atoms with Gasteiger partial charge < -0.3 is 15.8 Å². The number of fused-ring (bicyclic) bond motifs is 1. The topological polar surface area (TPSA) is 64.4 Å². The Morgan fingerprint density at radius 2 is 2.22 bits per heavy atom. The molecule has 3 N–H and O–H groups in total. The second-order valence-electron chi connectivity index (χ2n) is 4.92. The first kappa shape index (κ1) is 12.0. The Kier molecular flexibility index (Phi) is 3.03. The highest BCUT2D eigenvalue weighted by atomic mass is 79.9. The van der Waals surface area contributed by atoms with E-state index in [2.05, 4.69) is 21.2 Å². The molecule has 0 spiro atoms. The van der Waals surface area contributed by atoms with E-state index in [0.717, 1.165) is 40.4 Å². The molecule has 0 radical (unpaired) electrons. The lowest BCUT2D eigenvalue weighted by Gasteiger charge is -2.10. The monoisotopic (exact) mass is 310 g/mol. The highest BCUT2D eigenvalue weighted by Gasteiger charge is 2.28. The summed E-state index contributed by atoms with van der Waals surface area (Å²) >= 11 is 3.46. The molecule has 1 fully saturated rings. The number of anilines is 1. The average Bonchev–Trinajstić information content (AvgIpc) is 3.11. The van der Waals surface area contributed by atoms with E-state index in [4.69, 9.17) is 10.5 Å². The van der Waals surface area contributed by atoms with Gasteiger partial charge in [-0.15, -0.1) is 0 Å². The Labute approximate surface area is 114 Å². The van der Waals surface area contributed by atoms with E-state index in [0.29, 0.717) is 0 Å². The van der Waals surface area contributed by atoms with E-state index in [1.165, 1.54) is 12.8 Å². The Bertz CT molecular complexity index is 500. The van der Waals surface area contributed by atoms with Crippen LogP contribution in [0.3, 0.4) is 0 Å². The van der Waals surface area contributed by atoms with Crippen molar-refractivity contribution in [2.24, 2.45) is 11.7 Å². The minimum absolute atomic E-state index is 0.160. The van der Waals surface area contributed by atoms with Crippen LogP contribution < -0.4 is 15.8 Å². The molecule has 4 nitrogen and oxygen atoms in total. The largest absolute Gasteiger partial charge is 0.492 e. The number of nitrogens with one attached hydrogen (secondary N) is 1. The summed E-state index contributed by atoms with van der Waals surface area (Å²) in [4.78, 5) is 11.5. The van der Waals surface area contributed by atoms with Crippen molar-refractivity contribution in [1.82, 2.24) is 0 Å². The summed E-state index contributed by atoms with van der Waals surface area (Å²) in [6.45, 7) is 0.724. The molecule has 18 heavy (non-hydrogen) atoms. The van der Waals surface area contributed by atoms with E-state index in [9.17, 15) is 4.79 Å². The summed E-state index contributed by atoms with van der Waals surface area (Å²) < 4.78 is 6.60. The van der Waals surface area contributed by atoms with Crippen LogP contribution >= 0.6 is 15.9 Å². The van der Waals surface area contributed by atoms with Gasteiger partial charge in [-0.3, -0.25) is 4.79 Å². The van der Waals surface area contributed by atoms with Crippen LogP contribution in [0.1, 0.15) is 30.9 Å². The molecule has 1 atom stereocenters. The van der Waals surface area contributed by atoms with E-state index >= 15 is 0 Å². The van der Waals surface area contributed by atoms with E-state index in [1.54, 1.807) is 0 Å². The minimum Gasteiger partial charge on any atom is -0.492 e. The van der Waals surface area contributed by atoms with Crippen LogP contribution in [0.25, 0.3) is 0 Å². The van der Waals surface area contributed by atoms with Gasteiger partial charge >= 0.3 is 0 Å². The van der Waals surface area contributed by atoms with E-state index in [1.807, 2.05) is 12.1 Å². The average molecular weight is 311 g/mol. The number of ether oxygens (including phenoxy) is 1. The maximum Gasteiger partial charge on any atom is 0.245 e. The number of carbonyl (C=O) groups excluding carboxylic acids is 1. The zero-order chi connectivity index (χ0) is 12.7. The molecule has 5 heteroatoms. The SMILES string of the molecule is NC1C(=O)Nc2cc(OCCC3CC3)c(Br)cc21. The molecule has 2 aliphatic rings. The fourth-order valence-electron chi connectivity index (χ4n) is 2.14. The molecule has 1 amide bonds. The highest BCUT2D eigenvalue weighted by Crippen LogP contribution is 2.38. The van der Waals surface area contributed by atoms with Crippen LogP contribution in [-0.2, 0) is 4.79 Å². The molecule has 1 aromatic rings. The van der Waals surface area contributed by atoms with Crippen molar-refractivity contribution in [3.63, 3.8) is 0 Å². The smallest absolute Gasteiger partial charge is 0.245 e. The lowest BCUT2D eigenvalue weighted by atomic mass is 10.1. The lowest BCUT2D eigenvalue weighted by molar-refractivity contribution is -0.116. The molecule has 1 aromatic carbocycles. The fraction of sp³-hybridized carbons (Fsp3) is 0.462. The maximum absolute atomic E-state index is 11.5. The number of amides is 1. The Hall–Kier alpha value is -1.07. The molecule has 1 unspecified atom stereocenters. The third kappa shape index (κ3) is 2.24. The number of nitrogens with two attached hydrogens (primary N) is 1. The molecule has 0 saturated heterocycles. The van der Waals surface area contributed by atoms with Crippen molar-refractivity contribution in [3.05, 3.63) is 22.2 Å². The highest BCUT2D eigenvalue weighted by molar-refractivity contribution is 9.10. The van der Waals surface area contributed by atoms with Gasteiger partial charge in [0.15, 0.2) is 0 Å². The van der Waals surface area contributed by atoms with Gasteiger partial charge in [0.1, 0.15) is 11.8 Å². The second kappa shape index (κ2) is 4.55. The molecular weight excluding hydrogens is 296 g/mol. The number of carbonyl (C=O) groups is 1. The Balaban J connectivity index is 1.75. The van der Waals surface area contributed by atoms with Crippen molar-refractivity contribution >= 4 is 27.5 Å². The van der Waals surface area contributed by atoms with E-state index < -0.39 is 6.04 Å². The normalized spacial score (nSPS) is 21.7. The van der Waals surface area contributed by atoms with Gasteiger partial charge in [0.2, 0.25) is 5.91 Å². The standard InChI is InChI=1S/C13H15BrN2O2/c14-9-5-8-10(16-13(17)12(8)15)6-11(9)18-4-3-7-1-2-7/h5-7,12H,1-4,15H2,(H,16,17). The summed E-state index contributed by atoms with van der Waals surface area (Å²) in [7, 11) is 0. The molecular formula is C13H15BrN2O2. The summed E-state index contributed by atoms with van der Waals surface area (Å²) in [6, 6.07) is 3.14. The van der Waals surface area contributed by atoms with Crippen LogP contribution in [0.2, 0.25) is 0 Å². The van der Waals surface area contributed by atoms with Gasteiger partial charge in [-0.2, -0.15) is 0 Å². The van der Waals surface area contributed by atoms with Crippen LogP contribution in [0.15, 0.2) is 16.6 Å². The van der Waals surface area contributed by atoms with Crippen molar-refractivity contribution in [1.29, 1.82) is 0 Å². The molecule has 1 saturated carbocycles. The van der Waals surface area contributed by atoms with Crippen LogP contribution in [0.4, 0.5) is 5.69 Å². The number of rotatable bonds is 4. The molecule has 0 aromatic heterocycles. The van der Waals surface area contributed by atoms with Crippen LogP contribution in [0, 0.1) is 5.92 Å². The number of halogens is 1. The van der Waals surface area contributed by atoms with Crippen molar-refractivity contribution in [2.75, 3.05) is 11.9 Å². The maximum atomic E-state index is 11.5. The van der Waals surface area contributed by atoms with Gasteiger partial charge in [-0.25, -0.2) is 0 Å². The predicted octanol–water partition coefficient (Wildman–Crippen LogP) is 2.58. The van der Waals surface area contributed by atoms with Gasteiger partial charge in [0.25, 0.3) is 0 Å². The molecule has 96 valence electrons.